The molecule has 14 heavy (non-hydrogen) atoms. The van der Waals surface area contributed by atoms with Gasteiger partial charge in [-0.15, -0.1) is 0 Å². The summed E-state index contributed by atoms with van der Waals surface area (Å²) in [6.07, 6.45) is 2.30. The third kappa shape index (κ3) is 2.11. The molecule has 0 heterocycles. The van der Waals surface area contributed by atoms with E-state index in [4.69, 9.17) is 0 Å². The second-order valence-electron chi connectivity index (χ2n) is 3.87. The quantitative estimate of drug-likeness (QED) is 0.642. The van der Waals surface area contributed by atoms with Gasteiger partial charge in [-0.25, -0.2) is 0 Å². The number of hydrogen-bond acceptors (Lipinski definition) is 0. The largest absolute Gasteiger partial charge is 0.482 e. The number of fused-ring (bicyclic) bond motifs is 1. The van der Waals surface area contributed by atoms with Gasteiger partial charge in [-0.3, -0.25) is 0 Å². The number of aryl methyl sites for hydroxylation is 2. The number of benzene rings is 1. The normalized spacial score (nSPS) is 15.6. The third-order valence-electron chi connectivity index (χ3n) is 2.63. The molecule has 0 bridgehead atoms. The second-order valence-corrected chi connectivity index (χ2v) is 3.87. The lowest BCUT2D eigenvalue weighted by Crippen LogP contribution is -2.19. The maximum atomic E-state index is 12.2. The molecule has 2 rings (SSSR count). The summed E-state index contributed by atoms with van der Waals surface area (Å²) in [6.45, 7) is -4.69. The molecule has 4 heteroatoms. The van der Waals surface area contributed by atoms with E-state index in [2.05, 4.69) is 0 Å². The Bertz CT molecular complexity index is 344. The van der Waals surface area contributed by atoms with Gasteiger partial charge < -0.3 is 12.9 Å². The predicted molar refractivity (Wildman–Crippen MR) is 51.2 cm³/mol. The third-order valence-corrected chi connectivity index (χ3v) is 2.63. The van der Waals surface area contributed by atoms with Gasteiger partial charge in [-0.05, 0) is 30.4 Å². The van der Waals surface area contributed by atoms with Crippen LogP contribution in [-0.4, -0.2) is 6.98 Å². The highest BCUT2D eigenvalue weighted by molar-refractivity contribution is 6.57. The summed E-state index contributed by atoms with van der Waals surface area (Å²) in [7, 11) is 0. The van der Waals surface area contributed by atoms with Crippen LogP contribution in [0.4, 0.5) is 12.9 Å². The Kier molecular flexibility index (Phi) is 2.29. The van der Waals surface area contributed by atoms with Crippen LogP contribution in [0.3, 0.4) is 0 Å². The molecule has 76 valence electrons. The Labute approximate surface area is 81.2 Å². The van der Waals surface area contributed by atoms with Gasteiger partial charge in [0, 0.05) is 0 Å². The van der Waals surface area contributed by atoms with Crippen LogP contribution in [0.25, 0.3) is 0 Å². The first kappa shape index (κ1) is 9.62. The van der Waals surface area contributed by atoms with Gasteiger partial charge in [0.15, 0.2) is 0 Å². The molecule has 0 saturated carbocycles. The summed E-state index contributed by atoms with van der Waals surface area (Å²) in [5.41, 5.74) is 2.75. The van der Waals surface area contributed by atoms with Crippen molar-refractivity contribution in [2.45, 2.75) is 25.6 Å². The maximum absolute atomic E-state index is 12.2. The van der Waals surface area contributed by atoms with Gasteiger partial charge in [0.25, 0.3) is 0 Å². The van der Waals surface area contributed by atoms with Crippen LogP contribution in [0, 0.1) is 0 Å². The smallest absolute Gasteiger partial charge is 0.449 e. The predicted octanol–water partition coefficient (Wildman–Crippen LogP) is 3.10. The molecule has 0 aliphatic heterocycles. The van der Waals surface area contributed by atoms with Crippen molar-refractivity contribution in [3.63, 3.8) is 0 Å². The van der Waals surface area contributed by atoms with E-state index < -0.39 is 13.3 Å². The molecule has 0 radical (unpaired) electrons. The van der Waals surface area contributed by atoms with Crippen molar-refractivity contribution >= 4 is 6.98 Å². The Morgan fingerprint density at radius 2 is 1.79 bits per heavy atom. The lowest BCUT2D eigenvalue weighted by atomic mass is 9.81. The van der Waals surface area contributed by atoms with E-state index in [9.17, 15) is 12.9 Å². The highest BCUT2D eigenvalue weighted by Gasteiger charge is 2.23. The van der Waals surface area contributed by atoms with Crippen LogP contribution in [0.5, 0.6) is 0 Å². The Balaban J connectivity index is 2.21. The van der Waals surface area contributed by atoms with E-state index in [-0.39, 0.29) is 0 Å². The molecule has 1 aromatic carbocycles. The number of halogens is 3. The fourth-order valence-electron chi connectivity index (χ4n) is 2.02. The average Bonchev–Trinajstić information content (AvgIpc) is 2.47. The van der Waals surface area contributed by atoms with Gasteiger partial charge in [-0.2, -0.15) is 0 Å². The minimum atomic E-state index is -4.69. The summed E-state index contributed by atoms with van der Waals surface area (Å²) in [4.78, 5) is 0. The maximum Gasteiger partial charge on any atom is 0.482 e. The second kappa shape index (κ2) is 3.33. The lowest BCUT2D eigenvalue weighted by Gasteiger charge is -2.14. The van der Waals surface area contributed by atoms with Crippen molar-refractivity contribution in [3.8, 4) is 0 Å². The van der Waals surface area contributed by atoms with E-state index in [0.717, 1.165) is 24.8 Å². The first-order chi connectivity index (χ1) is 6.54. The highest BCUT2D eigenvalue weighted by Crippen LogP contribution is 2.25. The summed E-state index contributed by atoms with van der Waals surface area (Å²) in [6, 6.07) is 5.18. The molecular formula is C10H11BF3-. The molecule has 0 fully saturated rings. The summed E-state index contributed by atoms with van der Waals surface area (Å²) in [5.74, 6) is 0. The zero-order chi connectivity index (χ0) is 10.2. The molecule has 0 N–H and O–H groups in total. The molecule has 1 aliphatic rings. The van der Waals surface area contributed by atoms with E-state index in [1.54, 1.807) is 12.1 Å². The standard InChI is InChI=1S/C10H11BF3/c12-11(13,14)7-8-4-5-9-2-1-3-10(9)6-8/h4-6H,1-3,7H2/q-1. The van der Waals surface area contributed by atoms with Crippen molar-refractivity contribution in [1.29, 1.82) is 0 Å². The van der Waals surface area contributed by atoms with Crippen LogP contribution >= 0.6 is 0 Å². The van der Waals surface area contributed by atoms with E-state index in [0.29, 0.717) is 5.56 Å². The molecular weight excluding hydrogens is 188 g/mol. The SMILES string of the molecule is F[B-](F)(F)Cc1ccc2c(c1)CCC2. The molecule has 0 spiro atoms. The molecule has 0 nitrogen and oxygen atoms in total. The van der Waals surface area contributed by atoms with Gasteiger partial charge in [0.05, 0.1) is 0 Å². The zero-order valence-corrected chi connectivity index (χ0v) is 7.77. The monoisotopic (exact) mass is 199 g/mol. The Hall–Kier alpha value is -0.925. The lowest BCUT2D eigenvalue weighted by molar-refractivity contribution is 0.468. The van der Waals surface area contributed by atoms with Crippen molar-refractivity contribution in [1.82, 2.24) is 0 Å². The van der Waals surface area contributed by atoms with Crippen molar-refractivity contribution in [2.75, 3.05) is 0 Å². The average molecular weight is 199 g/mol. The Morgan fingerprint density at radius 3 is 2.50 bits per heavy atom. The van der Waals surface area contributed by atoms with Crippen LogP contribution in [0.1, 0.15) is 23.1 Å². The molecule has 0 unspecified atom stereocenters. The van der Waals surface area contributed by atoms with E-state index >= 15 is 0 Å². The summed E-state index contributed by atoms with van der Waals surface area (Å²) < 4.78 is 36.5. The van der Waals surface area contributed by atoms with E-state index in [1.807, 2.05) is 6.07 Å². The molecule has 0 aromatic heterocycles. The van der Waals surface area contributed by atoms with Gasteiger partial charge in [-0.1, -0.05) is 30.1 Å². The fourth-order valence-corrected chi connectivity index (χ4v) is 2.02. The minimum absolute atomic E-state index is 0.415. The van der Waals surface area contributed by atoms with E-state index in [1.165, 1.54) is 5.56 Å². The molecule has 0 amide bonds. The number of rotatable bonds is 2. The van der Waals surface area contributed by atoms with Crippen molar-refractivity contribution in [3.05, 3.63) is 34.9 Å². The van der Waals surface area contributed by atoms with Crippen LogP contribution in [-0.2, 0) is 19.2 Å². The van der Waals surface area contributed by atoms with Gasteiger partial charge in [0.1, 0.15) is 0 Å². The fraction of sp³-hybridized carbons (Fsp3) is 0.400. The van der Waals surface area contributed by atoms with Crippen LogP contribution in [0.2, 0.25) is 0 Å². The molecule has 1 aliphatic carbocycles. The van der Waals surface area contributed by atoms with Crippen LogP contribution in [0.15, 0.2) is 18.2 Å². The first-order valence-electron chi connectivity index (χ1n) is 4.86. The summed E-state index contributed by atoms with van der Waals surface area (Å²) >= 11 is 0. The topological polar surface area (TPSA) is 0 Å². The zero-order valence-electron chi connectivity index (χ0n) is 7.77. The molecule has 0 atom stereocenters. The summed E-state index contributed by atoms with van der Waals surface area (Å²) in [5, 5.41) is 0. The van der Waals surface area contributed by atoms with Gasteiger partial charge >= 0.3 is 6.98 Å². The van der Waals surface area contributed by atoms with Crippen LogP contribution < -0.4 is 0 Å². The molecule has 0 saturated heterocycles. The van der Waals surface area contributed by atoms with Crippen molar-refractivity contribution < 1.29 is 12.9 Å². The first-order valence-corrected chi connectivity index (χ1v) is 4.86. The number of hydrogen-bond donors (Lipinski definition) is 0. The minimum Gasteiger partial charge on any atom is -0.449 e. The Morgan fingerprint density at radius 1 is 1.07 bits per heavy atom. The molecule has 1 aromatic rings. The van der Waals surface area contributed by atoms with Gasteiger partial charge in [0.2, 0.25) is 0 Å². The van der Waals surface area contributed by atoms with Crippen molar-refractivity contribution in [2.24, 2.45) is 0 Å². The highest BCUT2D eigenvalue weighted by atomic mass is 19.4.